The minimum absolute atomic E-state index is 0.00714. The molecule has 126 valence electrons. The van der Waals surface area contributed by atoms with E-state index in [1.54, 1.807) is 7.11 Å². The first-order chi connectivity index (χ1) is 11.1. The molecule has 23 heavy (non-hydrogen) atoms. The van der Waals surface area contributed by atoms with Crippen LogP contribution < -0.4 is 15.8 Å². The maximum absolute atomic E-state index is 12.1. The molecule has 0 saturated heterocycles. The summed E-state index contributed by atoms with van der Waals surface area (Å²) in [4.78, 5) is 12.1. The van der Waals surface area contributed by atoms with Crippen LogP contribution in [0.25, 0.3) is 10.8 Å². The number of nitrogens with two attached hydrogens (primary N) is 1. The van der Waals surface area contributed by atoms with Gasteiger partial charge in [0.05, 0.1) is 13.0 Å². The van der Waals surface area contributed by atoms with E-state index in [1.165, 1.54) is 0 Å². The molecule has 1 atom stereocenters. The molecule has 0 saturated carbocycles. The monoisotopic (exact) mass is 316 g/mol. The number of nitrogens with one attached hydrogen (secondary N) is 1. The molecule has 2 aromatic carbocycles. The minimum atomic E-state index is -0.193. The van der Waals surface area contributed by atoms with Crippen molar-refractivity contribution in [2.45, 2.75) is 33.6 Å². The molecule has 4 heteroatoms. The maximum atomic E-state index is 12.1. The fourth-order valence-electron chi connectivity index (χ4n) is 2.43. The van der Waals surface area contributed by atoms with Crippen LogP contribution in [-0.2, 0) is 4.79 Å². The Balaban J connectivity index is 0.00000127. The molecule has 3 N–H and O–H groups in total. The number of rotatable bonds is 5. The number of amides is 1. The Morgan fingerprint density at radius 2 is 1.96 bits per heavy atom. The second-order valence-electron chi connectivity index (χ2n) is 5.23. The Bertz CT molecular complexity index is 653. The summed E-state index contributed by atoms with van der Waals surface area (Å²) in [6.45, 7) is 8.92. The highest BCUT2D eigenvalue weighted by atomic mass is 16.5. The Morgan fingerprint density at radius 3 is 2.57 bits per heavy atom. The summed E-state index contributed by atoms with van der Waals surface area (Å²) in [6, 6.07) is 10.1. The lowest BCUT2D eigenvalue weighted by Crippen LogP contribution is -2.32. The van der Waals surface area contributed by atoms with Crippen LogP contribution in [0.4, 0.5) is 0 Å². The van der Waals surface area contributed by atoms with Crippen molar-refractivity contribution in [3.05, 3.63) is 41.5 Å². The van der Waals surface area contributed by atoms with Gasteiger partial charge >= 0.3 is 0 Å². The summed E-state index contributed by atoms with van der Waals surface area (Å²) in [7, 11) is 1.66. The van der Waals surface area contributed by atoms with E-state index in [4.69, 9.17) is 10.5 Å². The molecule has 0 bridgehead atoms. The fraction of sp³-hybridized carbons (Fsp3) is 0.421. The van der Waals surface area contributed by atoms with Gasteiger partial charge < -0.3 is 15.8 Å². The zero-order chi connectivity index (χ0) is 17.4. The van der Waals surface area contributed by atoms with Crippen LogP contribution in [0.1, 0.15) is 37.8 Å². The quantitative estimate of drug-likeness (QED) is 0.889. The van der Waals surface area contributed by atoms with Crippen LogP contribution in [0.2, 0.25) is 0 Å². The molecule has 0 spiro atoms. The molecule has 0 heterocycles. The smallest absolute Gasteiger partial charge is 0.227 e. The lowest BCUT2D eigenvalue weighted by atomic mass is 9.94. The Morgan fingerprint density at radius 1 is 1.26 bits per heavy atom. The first kappa shape index (κ1) is 19.0. The van der Waals surface area contributed by atoms with E-state index in [9.17, 15) is 4.79 Å². The zero-order valence-corrected chi connectivity index (χ0v) is 14.8. The van der Waals surface area contributed by atoms with Gasteiger partial charge in [-0.25, -0.2) is 0 Å². The van der Waals surface area contributed by atoms with Crippen LogP contribution in [-0.4, -0.2) is 26.1 Å². The summed E-state index contributed by atoms with van der Waals surface area (Å²) >= 11 is 0. The van der Waals surface area contributed by atoms with Gasteiger partial charge in [-0.3, -0.25) is 4.79 Å². The van der Waals surface area contributed by atoms with Crippen molar-refractivity contribution in [3.8, 4) is 5.75 Å². The number of benzene rings is 2. The first-order valence-corrected chi connectivity index (χ1v) is 8.13. The minimum Gasteiger partial charge on any atom is -0.497 e. The van der Waals surface area contributed by atoms with Crippen LogP contribution in [0.3, 0.4) is 0 Å². The average Bonchev–Trinajstić information content (AvgIpc) is 2.60. The van der Waals surface area contributed by atoms with Gasteiger partial charge in [0.15, 0.2) is 0 Å². The van der Waals surface area contributed by atoms with E-state index >= 15 is 0 Å². The van der Waals surface area contributed by atoms with E-state index in [0.717, 1.165) is 27.6 Å². The Hall–Kier alpha value is -2.07. The molecule has 0 aromatic heterocycles. The van der Waals surface area contributed by atoms with Gasteiger partial charge in [0.25, 0.3) is 0 Å². The van der Waals surface area contributed by atoms with Gasteiger partial charge in [-0.1, -0.05) is 32.0 Å². The van der Waals surface area contributed by atoms with Gasteiger partial charge in [0, 0.05) is 13.1 Å². The average molecular weight is 316 g/mol. The maximum Gasteiger partial charge on any atom is 0.227 e. The van der Waals surface area contributed by atoms with Gasteiger partial charge in [-0.15, -0.1) is 0 Å². The molecule has 1 amide bonds. The highest BCUT2D eigenvalue weighted by Crippen LogP contribution is 2.28. The molecule has 2 rings (SSSR count). The molecule has 0 aliphatic carbocycles. The van der Waals surface area contributed by atoms with Crippen molar-refractivity contribution in [3.63, 3.8) is 0 Å². The van der Waals surface area contributed by atoms with E-state index in [-0.39, 0.29) is 11.8 Å². The number of ether oxygens (including phenoxy) is 1. The summed E-state index contributed by atoms with van der Waals surface area (Å²) in [5, 5.41) is 5.09. The van der Waals surface area contributed by atoms with Crippen LogP contribution in [0.15, 0.2) is 30.3 Å². The van der Waals surface area contributed by atoms with Crippen molar-refractivity contribution in [1.29, 1.82) is 0 Å². The Kier molecular flexibility index (Phi) is 7.55. The number of carbonyl (C=O) groups is 1. The number of carbonyl (C=O) groups excluding carboxylic acids is 1. The van der Waals surface area contributed by atoms with Crippen LogP contribution >= 0.6 is 0 Å². The second-order valence-corrected chi connectivity index (χ2v) is 5.23. The van der Waals surface area contributed by atoms with E-state index in [1.807, 2.05) is 39.0 Å². The zero-order valence-electron chi connectivity index (χ0n) is 14.8. The largest absolute Gasteiger partial charge is 0.497 e. The highest BCUT2D eigenvalue weighted by Gasteiger charge is 2.16. The van der Waals surface area contributed by atoms with Crippen LogP contribution in [0.5, 0.6) is 5.75 Å². The topological polar surface area (TPSA) is 64.3 Å². The van der Waals surface area contributed by atoms with Crippen molar-refractivity contribution >= 4 is 16.7 Å². The van der Waals surface area contributed by atoms with Crippen molar-refractivity contribution < 1.29 is 9.53 Å². The van der Waals surface area contributed by atoms with Crippen molar-refractivity contribution in [2.24, 2.45) is 5.73 Å². The molecule has 2 aromatic rings. The molecular formula is C19H28N2O2. The molecule has 4 nitrogen and oxygen atoms in total. The predicted octanol–water partition coefficient (Wildman–Crippen LogP) is 3.36. The summed E-state index contributed by atoms with van der Waals surface area (Å²) in [6.07, 6.45) is 0. The summed E-state index contributed by atoms with van der Waals surface area (Å²) in [5.41, 5.74) is 7.57. The van der Waals surface area contributed by atoms with E-state index < -0.39 is 0 Å². The third-order valence-corrected chi connectivity index (χ3v) is 3.73. The Labute approximate surface area is 139 Å². The van der Waals surface area contributed by atoms with Crippen molar-refractivity contribution in [2.75, 3.05) is 20.2 Å². The third kappa shape index (κ3) is 4.70. The van der Waals surface area contributed by atoms with Crippen molar-refractivity contribution in [1.82, 2.24) is 5.32 Å². The number of hydrogen-bond acceptors (Lipinski definition) is 3. The fourth-order valence-corrected chi connectivity index (χ4v) is 2.43. The number of hydrogen-bond donors (Lipinski definition) is 2. The van der Waals surface area contributed by atoms with Gasteiger partial charge in [0.2, 0.25) is 5.91 Å². The normalized spacial score (nSPS) is 11.4. The third-order valence-electron chi connectivity index (χ3n) is 3.73. The highest BCUT2D eigenvalue weighted by molar-refractivity contribution is 5.90. The standard InChI is InChI=1S/C17H22N2O2.C2H6/c1-11-8-14(12(2)17(20)19-7-6-18)9-13-4-5-15(21-3)10-16(11)13;1-2/h4-5,8-10,12H,6-7,18H2,1-3H3,(H,19,20);1-2H3. The molecule has 0 radical (unpaired) electrons. The first-order valence-electron chi connectivity index (χ1n) is 8.13. The summed E-state index contributed by atoms with van der Waals surface area (Å²) in [5.74, 6) is 0.654. The molecule has 1 unspecified atom stereocenters. The molecule has 0 aliphatic rings. The van der Waals surface area contributed by atoms with Gasteiger partial charge in [-0.05, 0) is 47.9 Å². The SMILES string of the molecule is CC.COc1ccc2cc(C(C)C(=O)NCCN)cc(C)c2c1. The number of aryl methyl sites for hydroxylation is 1. The van der Waals surface area contributed by atoms with E-state index in [0.29, 0.717) is 13.1 Å². The molecular weight excluding hydrogens is 288 g/mol. The van der Waals surface area contributed by atoms with E-state index in [2.05, 4.69) is 24.4 Å². The second kappa shape index (κ2) is 9.16. The lowest BCUT2D eigenvalue weighted by Gasteiger charge is -2.15. The van der Waals surface area contributed by atoms with Crippen LogP contribution in [0, 0.1) is 6.92 Å². The number of methoxy groups -OCH3 is 1. The van der Waals surface area contributed by atoms with Gasteiger partial charge in [-0.2, -0.15) is 0 Å². The summed E-state index contributed by atoms with van der Waals surface area (Å²) < 4.78 is 5.26. The molecule has 0 fully saturated rings. The number of fused-ring (bicyclic) bond motifs is 1. The molecule has 0 aliphatic heterocycles. The van der Waals surface area contributed by atoms with Gasteiger partial charge in [0.1, 0.15) is 5.75 Å². The predicted molar refractivity (Wildman–Crippen MR) is 97.1 cm³/mol. The lowest BCUT2D eigenvalue weighted by molar-refractivity contribution is -0.122.